The fourth-order valence-electron chi connectivity index (χ4n) is 1.27. The van der Waals surface area contributed by atoms with Gasteiger partial charge in [-0.15, -0.1) is 10.2 Å². The number of carbonyl (C=O) groups is 1. The Morgan fingerprint density at radius 2 is 2.41 bits per heavy atom. The number of H-pyrrole nitrogens is 1. The van der Waals surface area contributed by atoms with E-state index in [9.17, 15) is 9.90 Å². The second-order valence-electron chi connectivity index (χ2n) is 3.36. The highest BCUT2D eigenvalue weighted by molar-refractivity contribution is 5.96. The number of aromatic amines is 1. The minimum Gasteiger partial charge on any atom is -0.505 e. The average molecular weight is 234 g/mol. The highest BCUT2D eigenvalue weighted by Crippen LogP contribution is 2.15. The highest BCUT2D eigenvalue weighted by atomic mass is 16.3. The van der Waals surface area contributed by atoms with Crippen LogP contribution in [0.4, 0.5) is 0 Å². The van der Waals surface area contributed by atoms with Crippen LogP contribution in [0.1, 0.15) is 29.1 Å². The molecular weight excluding hydrogens is 224 g/mol. The van der Waals surface area contributed by atoms with E-state index in [1.807, 2.05) is 0 Å². The van der Waals surface area contributed by atoms with Gasteiger partial charge in [-0.2, -0.15) is 5.21 Å². The van der Waals surface area contributed by atoms with Crippen molar-refractivity contribution in [3.63, 3.8) is 0 Å². The normalized spacial score (nSPS) is 12.1. The van der Waals surface area contributed by atoms with Gasteiger partial charge in [0.2, 0.25) is 0 Å². The van der Waals surface area contributed by atoms with Gasteiger partial charge in [-0.1, -0.05) is 5.21 Å². The first-order valence-corrected chi connectivity index (χ1v) is 4.85. The third-order valence-electron chi connectivity index (χ3n) is 2.14. The Morgan fingerprint density at radius 1 is 1.59 bits per heavy atom. The lowest BCUT2D eigenvalue weighted by atomic mass is 10.2. The van der Waals surface area contributed by atoms with Crippen molar-refractivity contribution >= 4 is 5.91 Å². The number of aromatic nitrogens is 5. The molecule has 0 spiro atoms. The third kappa shape index (κ3) is 2.36. The Bertz CT molecular complexity index is 512. The summed E-state index contributed by atoms with van der Waals surface area (Å²) in [6, 6.07) is 1.02. The van der Waals surface area contributed by atoms with Gasteiger partial charge >= 0.3 is 0 Å². The monoisotopic (exact) mass is 234 g/mol. The molecule has 0 radical (unpaired) electrons. The molecule has 0 aromatic carbocycles. The minimum absolute atomic E-state index is 0.148. The maximum absolute atomic E-state index is 11.8. The SMILES string of the molecule is CC(NC(=O)c1ccncc1O)c1nn[nH]n1. The predicted molar refractivity (Wildman–Crippen MR) is 56.0 cm³/mol. The topological polar surface area (TPSA) is 117 Å². The number of nitrogens with zero attached hydrogens (tertiary/aromatic N) is 4. The number of tetrazole rings is 1. The fraction of sp³-hybridized carbons (Fsp3) is 0.222. The van der Waals surface area contributed by atoms with E-state index in [4.69, 9.17) is 0 Å². The van der Waals surface area contributed by atoms with Crippen LogP contribution in [0.3, 0.4) is 0 Å². The van der Waals surface area contributed by atoms with E-state index in [0.717, 1.165) is 0 Å². The first-order chi connectivity index (χ1) is 8.18. The van der Waals surface area contributed by atoms with Crippen molar-refractivity contribution in [2.75, 3.05) is 0 Å². The molecule has 2 rings (SSSR count). The molecular formula is C9H10N6O2. The molecule has 1 unspecified atom stereocenters. The van der Waals surface area contributed by atoms with Crippen LogP contribution in [0.15, 0.2) is 18.5 Å². The minimum atomic E-state index is -0.429. The number of amides is 1. The molecule has 3 N–H and O–H groups in total. The van der Waals surface area contributed by atoms with Crippen LogP contribution < -0.4 is 5.32 Å². The van der Waals surface area contributed by atoms with Crippen molar-refractivity contribution in [2.24, 2.45) is 0 Å². The summed E-state index contributed by atoms with van der Waals surface area (Å²) in [6.45, 7) is 1.71. The molecule has 0 bridgehead atoms. The third-order valence-corrected chi connectivity index (χ3v) is 2.14. The summed E-state index contributed by atoms with van der Waals surface area (Å²) in [7, 11) is 0. The standard InChI is InChI=1S/C9H10N6O2/c1-5(8-12-14-15-13-8)11-9(17)6-2-3-10-4-7(6)16/h2-5,16H,1H3,(H,11,17)(H,12,13,14,15). The van der Waals surface area contributed by atoms with Crippen molar-refractivity contribution in [1.29, 1.82) is 0 Å². The number of nitrogens with one attached hydrogen (secondary N) is 2. The second kappa shape index (κ2) is 4.56. The first-order valence-electron chi connectivity index (χ1n) is 4.85. The molecule has 8 nitrogen and oxygen atoms in total. The van der Waals surface area contributed by atoms with Crippen LogP contribution in [0, 0.1) is 0 Å². The lowest BCUT2D eigenvalue weighted by Crippen LogP contribution is -2.27. The van der Waals surface area contributed by atoms with Gasteiger partial charge in [0.05, 0.1) is 17.8 Å². The van der Waals surface area contributed by atoms with Gasteiger partial charge < -0.3 is 10.4 Å². The number of hydrogen-bond acceptors (Lipinski definition) is 6. The van der Waals surface area contributed by atoms with E-state index in [1.165, 1.54) is 18.5 Å². The zero-order chi connectivity index (χ0) is 12.3. The quantitative estimate of drug-likeness (QED) is 0.676. The van der Waals surface area contributed by atoms with E-state index in [2.05, 4.69) is 30.9 Å². The van der Waals surface area contributed by atoms with E-state index >= 15 is 0 Å². The van der Waals surface area contributed by atoms with Gasteiger partial charge in [-0.05, 0) is 13.0 Å². The van der Waals surface area contributed by atoms with Crippen LogP contribution >= 0.6 is 0 Å². The number of pyridine rings is 1. The van der Waals surface area contributed by atoms with Gasteiger partial charge in [-0.3, -0.25) is 9.78 Å². The molecule has 2 aromatic heterocycles. The summed E-state index contributed by atoms with van der Waals surface area (Å²) < 4.78 is 0. The number of aromatic hydroxyl groups is 1. The van der Waals surface area contributed by atoms with E-state index in [-0.39, 0.29) is 11.3 Å². The van der Waals surface area contributed by atoms with Crippen LogP contribution in [-0.4, -0.2) is 36.6 Å². The maximum Gasteiger partial charge on any atom is 0.255 e. The number of hydrogen-bond donors (Lipinski definition) is 3. The van der Waals surface area contributed by atoms with Crippen molar-refractivity contribution in [1.82, 2.24) is 30.9 Å². The number of rotatable bonds is 3. The summed E-state index contributed by atoms with van der Waals surface area (Å²) in [5.41, 5.74) is 0.148. The predicted octanol–water partition coefficient (Wildman–Crippen LogP) is -0.209. The summed E-state index contributed by atoms with van der Waals surface area (Å²) in [6.07, 6.45) is 2.63. The Kier molecular flexibility index (Phi) is 2.95. The van der Waals surface area contributed by atoms with Crippen molar-refractivity contribution in [3.05, 3.63) is 29.8 Å². The Hall–Kier alpha value is -2.51. The van der Waals surface area contributed by atoms with Gasteiger partial charge in [-0.25, -0.2) is 0 Å². The molecule has 2 heterocycles. The van der Waals surface area contributed by atoms with E-state index in [1.54, 1.807) is 6.92 Å². The molecule has 0 aliphatic rings. The average Bonchev–Trinajstić information content (AvgIpc) is 2.82. The Morgan fingerprint density at radius 3 is 3.06 bits per heavy atom. The molecule has 17 heavy (non-hydrogen) atoms. The molecule has 0 aliphatic carbocycles. The molecule has 0 saturated heterocycles. The molecule has 1 atom stereocenters. The maximum atomic E-state index is 11.8. The molecule has 0 fully saturated rings. The van der Waals surface area contributed by atoms with Gasteiger partial charge in [0, 0.05) is 6.20 Å². The second-order valence-corrected chi connectivity index (χ2v) is 3.36. The van der Waals surface area contributed by atoms with E-state index < -0.39 is 11.9 Å². The molecule has 0 aliphatic heterocycles. The van der Waals surface area contributed by atoms with Gasteiger partial charge in [0.15, 0.2) is 5.82 Å². The van der Waals surface area contributed by atoms with Crippen molar-refractivity contribution in [3.8, 4) is 5.75 Å². The van der Waals surface area contributed by atoms with Crippen molar-refractivity contribution < 1.29 is 9.90 Å². The lowest BCUT2D eigenvalue weighted by molar-refractivity contribution is 0.0935. The molecule has 1 amide bonds. The zero-order valence-corrected chi connectivity index (χ0v) is 8.95. The fourth-order valence-corrected chi connectivity index (χ4v) is 1.27. The zero-order valence-electron chi connectivity index (χ0n) is 8.95. The molecule has 0 saturated carbocycles. The smallest absolute Gasteiger partial charge is 0.255 e. The summed E-state index contributed by atoms with van der Waals surface area (Å²) >= 11 is 0. The van der Waals surface area contributed by atoms with Crippen molar-refractivity contribution in [2.45, 2.75) is 13.0 Å². The lowest BCUT2D eigenvalue weighted by Gasteiger charge is -2.10. The van der Waals surface area contributed by atoms with E-state index in [0.29, 0.717) is 5.82 Å². The van der Waals surface area contributed by atoms with Crippen LogP contribution in [0.5, 0.6) is 5.75 Å². The molecule has 2 aromatic rings. The summed E-state index contributed by atoms with van der Waals surface area (Å²) in [5, 5.41) is 25.3. The van der Waals surface area contributed by atoms with Gasteiger partial charge in [0.1, 0.15) is 5.75 Å². The Balaban J connectivity index is 2.10. The van der Waals surface area contributed by atoms with Crippen LogP contribution in [0.2, 0.25) is 0 Å². The summed E-state index contributed by atoms with van der Waals surface area (Å²) in [4.78, 5) is 15.5. The van der Waals surface area contributed by atoms with Crippen LogP contribution in [-0.2, 0) is 0 Å². The molecule has 88 valence electrons. The first kappa shape index (κ1) is 11.0. The van der Waals surface area contributed by atoms with Gasteiger partial charge in [0.25, 0.3) is 5.91 Å². The summed E-state index contributed by atoms with van der Waals surface area (Å²) in [5.74, 6) is -0.237. The Labute approximate surface area is 96.1 Å². The highest BCUT2D eigenvalue weighted by Gasteiger charge is 2.16. The largest absolute Gasteiger partial charge is 0.505 e. The molecule has 8 heteroatoms. The van der Waals surface area contributed by atoms with Crippen LogP contribution in [0.25, 0.3) is 0 Å². The number of carbonyl (C=O) groups excluding carboxylic acids is 1.